The molecule has 4 nitrogen and oxygen atoms in total. The molecule has 1 heterocycles. The van der Waals surface area contributed by atoms with Crippen molar-refractivity contribution in [2.45, 2.75) is 12.0 Å². The van der Waals surface area contributed by atoms with Gasteiger partial charge >= 0.3 is 5.97 Å². The van der Waals surface area contributed by atoms with Crippen LogP contribution in [0.3, 0.4) is 0 Å². The van der Waals surface area contributed by atoms with Crippen LogP contribution in [0, 0.1) is 0 Å². The van der Waals surface area contributed by atoms with E-state index >= 15 is 0 Å². The summed E-state index contributed by atoms with van der Waals surface area (Å²) in [5, 5.41) is 10.1. The molecule has 0 fully saturated rings. The van der Waals surface area contributed by atoms with Crippen molar-refractivity contribution in [3.05, 3.63) is 27.7 Å². The number of anilines is 1. The Kier molecular flexibility index (Phi) is 2.97. The third kappa shape index (κ3) is 1.86. The number of carboxylic acid groups (broad SMARTS) is 1. The van der Waals surface area contributed by atoms with Gasteiger partial charge in [-0.3, -0.25) is 0 Å². The first-order valence-corrected chi connectivity index (χ1v) is 5.85. The molecule has 1 unspecified atom stereocenters. The van der Waals surface area contributed by atoms with E-state index in [4.69, 9.17) is 28.9 Å². The molecular weight excluding hydrogens is 263 g/mol. The number of rotatable bonds is 1. The Bertz CT molecular complexity index is 493. The van der Waals surface area contributed by atoms with Gasteiger partial charge in [0.2, 0.25) is 0 Å². The molecule has 0 aromatic heterocycles. The average Bonchev–Trinajstić information content (AvgIpc) is 2.22. The van der Waals surface area contributed by atoms with Crippen LogP contribution in [-0.2, 0) is 10.3 Å². The summed E-state index contributed by atoms with van der Waals surface area (Å²) < 4.78 is 0. The van der Waals surface area contributed by atoms with Crippen LogP contribution in [-0.4, -0.2) is 24.7 Å². The Balaban J connectivity index is 2.72. The van der Waals surface area contributed by atoms with E-state index in [1.807, 2.05) is 11.9 Å². The second-order valence-electron chi connectivity index (χ2n) is 4.23. The highest BCUT2D eigenvalue weighted by Crippen LogP contribution is 2.42. The van der Waals surface area contributed by atoms with Crippen LogP contribution in [0.15, 0.2) is 12.1 Å². The number of nitrogens with zero attached hydrogens (tertiary/aromatic N) is 1. The lowest BCUT2D eigenvalue weighted by atomic mass is 9.83. The Labute approximate surface area is 109 Å². The van der Waals surface area contributed by atoms with E-state index in [0.717, 1.165) is 0 Å². The summed E-state index contributed by atoms with van der Waals surface area (Å²) in [5.74, 6) is -1.07. The van der Waals surface area contributed by atoms with Gasteiger partial charge in [-0.15, -0.1) is 0 Å². The highest BCUT2D eigenvalue weighted by molar-refractivity contribution is 6.36. The van der Waals surface area contributed by atoms with Crippen molar-refractivity contribution in [3.8, 4) is 0 Å². The van der Waals surface area contributed by atoms with Gasteiger partial charge in [0.15, 0.2) is 0 Å². The molecule has 0 spiro atoms. The topological polar surface area (TPSA) is 66.6 Å². The van der Waals surface area contributed by atoms with Gasteiger partial charge < -0.3 is 15.7 Å². The van der Waals surface area contributed by atoms with Gasteiger partial charge in [0.1, 0.15) is 5.54 Å². The van der Waals surface area contributed by atoms with Gasteiger partial charge in [-0.2, -0.15) is 0 Å². The normalized spacial score (nSPS) is 23.4. The van der Waals surface area contributed by atoms with E-state index in [1.165, 1.54) is 6.07 Å². The van der Waals surface area contributed by atoms with Crippen LogP contribution < -0.4 is 10.6 Å². The van der Waals surface area contributed by atoms with E-state index in [0.29, 0.717) is 34.3 Å². The number of carboxylic acids is 1. The molecular formula is C11H12Cl2N2O2. The highest BCUT2D eigenvalue weighted by atomic mass is 35.5. The predicted molar refractivity (Wildman–Crippen MR) is 67.9 cm³/mol. The lowest BCUT2D eigenvalue weighted by Crippen LogP contribution is -2.51. The second-order valence-corrected chi connectivity index (χ2v) is 5.07. The van der Waals surface area contributed by atoms with Crippen molar-refractivity contribution in [3.63, 3.8) is 0 Å². The molecule has 1 atom stereocenters. The van der Waals surface area contributed by atoms with Crippen LogP contribution in [0.5, 0.6) is 0 Å². The lowest BCUT2D eigenvalue weighted by Gasteiger charge is -2.38. The number of nitrogens with two attached hydrogens (primary N) is 1. The first-order valence-electron chi connectivity index (χ1n) is 5.09. The molecule has 0 saturated heterocycles. The fraction of sp³-hybridized carbons (Fsp3) is 0.364. The summed E-state index contributed by atoms with van der Waals surface area (Å²) in [6, 6.07) is 3.21. The monoisotopic (exact) mass is 274 g/mol. The SMILES string of the molecule is CN1CCC(N)(C(=O)O)c2c(Cl)cc(Cl)cc21. The second kappa shape index (κ2) is 4.05. The molecule has 0 amide bonds. The lowest BCUT2D eigenvalue weighted by molar-refractivity contribution is -0.144. The summed E-state index contributed by atoms with van der Waals surface area (Å²) >= 11 is 12.0. The van der Waals surface area contributed by atoms with E-state index < -0.39 is 11.5 Å². The molecule has 0 bridgehead atoms. The molecule has 0 saturated carbocycles. The summed E-state index contributed by atoms with van der Waals surface area (Å²) in [7, 11) is 1.85. The summed E-state index contributed by atoms with van der Waals surface area (Å²) in [6.45, 7) is 0.548. The minimum absolute atomic E-state index is 0.295. The van der Waals surface area contributed by atoms with Gasteiger partial charge in [-0.25, -0.2) is 4.79 Å². The number of hydrogen-bond donors (Lipinski definition) is 2. The molecule has 1 aliphatic heterocycles. The number of carbonyl (C=O) groups is 1. The minimum Gasteiger partial charge on any atom is -0.480 e. The number of aliphatic carboxylic acids is 1. The van der Waals surface area contributed by atoms with Gasteiger partial charge in [-0.1, -0.05) is 23.2 Å². The number of fused-ring (bicyclic) bond motifs is 1. The molecule has 17 heavy (non-hydrogen) atoms. The maximum atomic E-state index is 11.3. The first kappa shape index (κ1) is 12.5. The molecule has 6 heteroatoms. The molecule has 3 N–H and O–H groups in total. The zero-order chi connectivity index (χ0) is 12.8. The quantitative estimate of drug-likeness (QED) is 0.823. The highest BCUT2D eigenvalue weighted by Gasteiger charge is 2.43. The van der Waals surface area contributed by atoms with Crippen molar-refractivity contribution in [2.24, 2.45) is 5.73 Å². The van der Waals surface area contributed by atoms with Crippen LogP contribution >= 0.6 is 23.2 Å². The summed E-state index contributed by atoms with van der Waals surface area (Å²) in [5.41, 5.74) is 5.65. The Morgan fingerprint density at radius 3 is 2.76 bits per heavy atom. The van der Waals surface area contributed by atoms with Gasteiger partial charge in [0, 0.05) is 34.9 Å². The van der Waals surface area contributed by atoms with Crippen molar-refractivity contribution in [1.29, 1.82) is 0 Å². The smallest absolute Gasteiger partial charge is 0.328 e. The van der Waals surface area contributed by atoms with E-state index in [2.05, 4.69) is 0 Å². The fourth-order valence-electron chi connectivity index (χ4n) is 2.11. The molecule has 92 valence electrons. The average molecular weight is 275 g/mol. The van der Waals surface area contributed by atoms with E-state index in [1.54, 1.807) is 6.07 Å². The van der Waals surface area contributed by atoms with Crippen molar-refractivity contribution >= 4 is 34.9 Å². The van der Waals surface area contributed by atoms with Crippen LogP contribution in [0.1, 0.15) is 12.0 Å². The van der Waals surface area contributed by atoms with Crippen LogP contribution in [0.2, 0.25) is 10.0 Å². The number of halogens is 2. The zero-order valence-corrected chi connectivity index (χ0v) is 10.7. The van der Waals surface area contributed by atoms with Crippen LogP contribution in [0.4, 0.5) is 5.69 Å². The van der Waals surface area contributed by atoms with E-state index in [9.17, 15) is 9.90 Å². The third-order valence-corrected chi connectivity index (χ3v) is 3.63. The maximum Gasteiger partial charge on any atom is 0.328 e. The molecule has 2 rings (SSSR count). The zero-order valence-electron chi connectivity index (χ0n) is 9.20. The fourth-order valence-corrected chi connectivity index (χ4v) is 2.76. The first-order chi connectivity index (χ1) is 7.86. The van der Waals surface area contributed by atoms with Crippen LogP contribution in [0.25, 0.3) is 0 Å². The Morgan fingerprint density at radius 1 is 1.53 bits per heavy atom. The maximum absolute atomic E-state index is 11.3. The van der Waals surface area contributed by atoms with E-state index in [-0.39, 0.29) is 0 Å². The van der Waals surface area contributed by atoms with Crippen molar-refractivity contribution in [1.82, 2.24) is 0 Å². The van der Waals surface area contributed by atoms with Gasteiger partial charge in [0.25, 0.3) is 0 Å². The van der Waals surface area contributed by atoms with Gasteiger partial charge in [-0.05, 0) is 18.6 Å². The molecule has 0 aliphatic carbocycles. The van der Waals surface area contributed by atoms with Crippen molar-refractivity contribution in [2.75, 3.05) is 18.5 Å². The van der Waals surface area contributed by atoms with Gasteiger partial charge in [0.05, 0.1) is 0 Å². The number of hydrogen-bond acceptors (Lipinski definition) is 3. The third-order valence-electron chi connectivity index (χ3n) is 3.11. The number of benzene rings is 1. The summed E-state index contributed by atoms with van der Waals surface area (Å²) in [6.07, 6.45) is 0.313. The van der Waals surface area contributed by atoms with Crippen molar-refractivity contribution < 1.29 is 9.90 Å². The standard InChI is InChI=1S/C11H12Cl2N2O2/c1-15-3-2-11(14,10(16)17)9-7(13)4-6(12)5-8(9)15/h4-5H,2-3,14H2,1H3,(H,16,17). The Hall–Kier alpha value is -0.970. The summed E-state index contributed by atoms with van der Waals surface area (Å²) in [4.78, 5) is 13.3. The molecule has 1 aliphatic rings. The predicted octanol–water partition coefficient (Wildman–Crippen LogP) is 2.07. The minimum atomic E-state index is -1.44. The molecule has 1 aromatic rings. The molecule has 1 aromatic carbocycles. The Morgan fingerprint density at radius 2 is 2.18 bits per heavy atom. The molecule has 0 radical (unpaired) electrons. The largest absolute Gasteiger partial charge is 0.480 e.